The summed E-state index contributed by atoms with van der Waals surface area (Å²) in [7, 11) is 5.45. The minimum Gasteiger partial charge on any atom is -0.497 e. The standard InChI is InChI=1S/C39H54F2N4O3/c1-8-18-45(38-23-32(48-7)22-37(43(5)6)35(38)20-28(2)27-46)36-24-34(39(40)41)33(21-29(36)3)31-25-42-44(26-31)19-16-14-12-10-9-11-13-15-17-30(4)47/h20-27,39H,8-19H2,1-7H3/b28-20-. The first kappa shape index (κ1) is 38.4. The second-order valence-corrected chi connectivity index (χ2v) is 12.9. The molecule has 3 aromatic rings. The van der Waals surface area contributed by atoms with Crippen LogP contribution in [0.3, 0.4) is 0 Å². The lowest BCUT2D eigenvalue weighted by molar-refractivity contribution is -0.117. The average molecular weight is 665 g/mol. The Morgan fingerprint density at radius 2 is 1.60 bits per heavy atom. The molecule has 0 fully saturated rings. The number of aldehydes is 1. The maximum absolute atomic E-state index is 14.8. The molecule has 1 heterocycles. The van der Waals surface area contributed by atoms with Crippen LogP contribution in [0.2, 0.25) is 0 Å². The number of benzene rings is 2. The van der Waals surface area contributed by atoms with Gasteiger partial charge in [0.25, 0.3) is 6.43 Å². The van der Waals surface area contributed by atoms with Crippen LogP contribution in [0.15, 0.2) is 42.2 Å². The van der Waals surface area contributed by atoms with Crippen LogP contribution < -0.4 is 14.5 Å². The van der Waals surface area contributed by atoms with Crippen molar-refractivity contribution in [1.82, 2.24) is 9.78 Å². The van der Waals surface area contributed by atoms with E-state index in [2.05, 4.69) is 16.9 Å². The molecule has 0 aliphatic heterocycles. The Morgan fingerprint density at radius 1 is 0.958 bits per heavy atom. The van der Waals surface area contributed by atoms with Gasteiger partial charge in [-0.1, -0.05) is 45.4 Å². The van der Waals surface area contributed by atoms with Crippen LogP contribution >= 0.6 is 0 Å². The van der Waals surface area contributed by atoms with Crippen LogP contribution in [0.1, 0.15) is 108 Å². The predicted molar refractivity (Wildman–Crippen MR) is 194 cm³/mol. The van der Waals surface area contributed by atoms with Crippen LogP contribution in [0.5, 0.6) is 5.75 Å². The summed E-state index contributed by atoms with van der Waals surface area (Å²) < 4.78 is 37.1. The van der Waals surface area contributed by atoms with Gasteiger partial charge in [0.1, 0.15) is 17.8 Å². The molecule has 1 aromatic heterocycles. The molecule has 0 saturated heterocycles. The van der Waals surface area contributed by atoms with Crippen molar-refractivity contribution in [3.63, 3.8) is 0 Å². The summed E-state index contributed by atoms with van der Waals surface area (Å²) in [6.07, 6.45) is 13.9. The van der Waals surface area contributed by atoms with E-state index in [0.29, 0.717) is 41.1 Å². The molecule has 0 spiro atoms. The number of ether oxygens (including phenoxy) is 1. The molecule has 9 heteroatoms. The second-order valence-electron chi connectivity index (χ2n) is 12.9. The van der Waals surface area contributed by atoms with Gasteiger partial charge in [0.15, 0.2) is 0 Å². The molecule has 0 atom stereocenters. The molecule has 0 radical (unpaired) electrons. The van der Waals surface area contributed by atoms with Gasteiger partial charge in [-0.25, -0.2) is 8.78 Å². The maximum atomic E-state index is 14.8. The van der Waals surface area contributed by atoms with Crippen LogP contribution in [0.4, 0.5) is 25.8 Å². The molecule has 0 aliphatic carbocycles. The lowest BCUT2D eigenvalue weighted by Gasteiger charge is -2.31. The molecule has 3 rings (SSSR count). The molecule has 48 heavy (non-hydrogen) atoms. The summed E-state index contributed by atoms with van der Waals surface area (Å²) >= 11 is 0. The number of nitrogens with zero attached hydrogens (tertiary/aromatic N) is 4. The van der Waals surface area contributed by atoms with E-state index in [1.807, 2.05) is 61.1 Å². The Hall–Kier alpha value is -4.01. The van der Waals surface area contributed by atoms with Crippen molar-refractivity contribution < 1.29 is 23.1 Å². The van der Waals surface area contributed by atoms with Crippen molar-refractivity contribution in [1.29, 1.82) is 0 Å². The Balaban J connectivity index is 1.87. The van der Waals surface area contributed by atoms with E-state index >= 15 is 0 Å². The molecule has 0 unspecified atom stereocenters. The summed E-state index contributed by atoms with van der Waals surface area (Å²) in [5.74, 6) is 0.901. The van der Waals surface area contributed by atoms with E-state index in [0.717, 1.165) is 73.9 Å². The highest BCUT2D eigenvalue weighted by Gasteiger charge is 2.24. The number of aryl methyl sites for hydroxylation is 2. The number of ketones is 1. The van der Waals surface area contributed by atoms with Gasteiger partial charge < -0.3 is 19.3 Å². The number of hydrogen-bond donors (Lipinski definition) is 0. The third kappa shape index (κ3) is 10.8. The third-order valence-corrected chi connectivity index (χ3v) is 8.63. The van der Waals surface area contributed by atoms with E-state index in [9.17, 15) is 18.4 Å². The number of rotatable bonds is 21. The fraction of sp³-hybridized carbons (Fsp3) is 0.513. The summed E-state index contributed by atoms with van der Waals surface area (Å²) in [4.78, 5) is 26.7. The molecule has 0 amide bonds. The van der Waals surface area contributed by atoms with E-state index in [4.69, 9.17) is 4.74 Å². The summed E-state index contributed by atoms with van der Waals surface area (Å²) in [5, 5.41) is 4.51. The molecule has 0 aliphatic rings. The summed E-state index contributed by atoms with van der Waals surface area (Å²) in [6.45, 7) is 8.71. The Bertz CT molecular complexity index is 1530. The van der Waals surface area contributed by atoms with Gasteiger partial charge in [-0.05, 0) is 74.9 Å². The zero-order chi connectivity index (χ0) is 35.2. The SMILES string of the molecule is CCCN(c1cc(C(F)F)c(-c2cnn(CCCCCCCCCCC(C)=O)c2)cc1C)c1cc(OC)cc(N(C)C)c1/C=C(/C)C=O. The molecular formula is C39H54F2N4O3. The van der Waals surface area contributed by atoms with Crippen molar-refractivity contribution in [2.75, 3.05) is 37.5 Å². The minimum atomic E-state index is -2.69. The Morgan fingerprint density at radius 3 is 2.19 bits per heavy atom. The summed E-state index contributed by atoms with van der Waals surface area (Å²) in [6, 6.07) is 7.27. The highest BCUT2D eigenvalue weighted by atomic mass is 19.3. The van der Waals surface area contributed by atoms with Gasteiger partial charge >= 0.3 is 0 Å². The monoisotopic (exact) mass is 664 g/mol. The molecule has 7 nitrogen and oxygen atoms in total. The quantitative estimate of drug-likeness (QED) is 0.0642. The van der Waals surface area contributed by atoms with Gasteiger partial charge in [-0.2, -0.15) is 5.10 Å². The van der Waals surface area contributed by atoms with Gasteiger partial charge in [-0.3, -0.25) is 9.48 Å². The van der Waals surface area contributed by atoms with Crippen LogP contribution in [0.25, 0.3) is 17.2 Å². The topological polar surface area (TPSA) is 67.7 Å². The van der Waals surface area contributed by atoms with Crippen LogP contribution in [0, 0.1) is 6.92 Å². The van der Waals surface area contributed by atoms with Crippen LogP contribution in [-0.4, -0.2) is 49.6 Å². The number of Topliss-reactive ketones (excluding diaryl/α,β-unsaturated/α-hetero) is 1. The highest BCUT2D eigenvalue weighted by molar-refractivity contribution is 5.91. The molecule has 0 N–H and O–H groups in total. The van der Waals surface area contributed by atoms with E-state index in [1.54, 1.807) is 33.2 Å². The van der Waals surface area contributed by atoms with Gasteiger partial charge in [-0.15, -0.1) is 0 Å². The molecule has 0 saturated carbocycles. The fourth-order valence-electron chi connectivity index (χ4n) is 6.08. The average Bonchev–Trinajstić information content (AvgIpc) is 3.53. The van der Waals surface area contributed by atoms with E-state index < -0.39 is 6.43 Å². The Labute approximate surface area is 286 Å². The van der Waals surface area contributed by atoms with Gasteiger partial charge in [0.05, 0.1) is 19.0 Å². The number of carbonyl (C=O) groups excluding carboxylic acids is 2. The number of allylic oxidation sites excluding steroid dienone is 1. The van der Waals surface area contributed by atoms with Crippen molar-refractivity contribution in [2.24, 2.45) is 0 Å². The zero-order valence-electron chi connectivity index (χ0n) is 30.0. The molecule has 0 bridgehead atoms. The first-order valence-electron chi connectivity index (χ1n) is 17.3. The predicted octanol–water partition coefficient (Wildman–Crippen LogP) is 10.1. The maximum Gasteiger partial charge on any atom is 0.264 e. The van der Waals surface area contributed by atoms with Crippen molar-refractivity contribution in [3.8, 4) is 16.9 Å². The lowest BCUT2D eigenvalue weighted by Crippen LogP contribution is -2.22. The van der Waals surface area contributed by atoms with E-state index in [-0.39, 0.29) is 11.3 Å². The molecule has 262 valence electrons. The Kier molecular flexibility index (Phi) is 15.3. The number of unbranched alkanes of at least 4 members (excludes halogenated alkanes) is 7. The second kappa shape index (κ2) is 19.1. The van der Waals surface area contributed by atoms with Crippen molar-refractivity contribution in [2.45, 2.75) is 105 Å². The number of carbonyl (C=O) groups is 2. The minimum absolute atomic E-state index is 0.0450. The molecular weight excluding hydrogens is 610 g/mol. The number of methoxy groups -OCH3 is 1. The summed E-state index contributed by atoms with van der Waals surface area (Å²) in [5.41, 5.74) is 5.64. The van der Waals surface area contributed by atoms with Crippen molar-refractivity contribution in [3.05, 3.63) is 58.9 Å². The highest BCUT2D eigenvalue weighted by Crippen LogP contribution is 2.43. The fourth-order valence-corrected chi connectivity index (χ4v) is 6.08. The van der Waals surface area contributed by atoms with Gasteiger partial charge in [0.2, 0.25) is 0 Å². The molecule has 2 aromatic carbocycles. The number of anilines is 3. The zero-order valence-corrected chi connectivity index (χ0v) is 30.0. The lowest BCUT2D eigenvalue weighted by atomic mass is 9.97. The number of alkyl halides is 2. The largest absolute Gasteiger partial charge is 0.497 e. The van der Waals surface area contributed by atoms with Crippen molar-refractivity contribution >= 4 is 35.2 Å². The normalized spacial score (nSPS) is 11.7. The first-order valence-corrected chi connectivity index (χ1v) is 17.3. The van der Waals surface area contributed by atoms with Crippen LogP contribution in [-0.2, 0) is 16.1 Å². The van der Waals surface area contributed by atoms with E-state index in [1.165, 1.54) is 19.3 Å². The number of halogens is 2. The third-order valence-electron chi connectivity index (χ3n) is 8.63. The smallest absolute Gasteiger partial charge is 0.264 e. The number of aromatic nitrogens is 2. The first-order chi connectivity index (χ1) is 23.0. The number of hydrogen-bond acceptors (Lipinski definition) is 6. The van der Waals surface area contributed by atoms with Gasteiger partial charge in [0, 0.05) is 80.0 Å².